The van der Waals surface area contributed by atoms with Gasteiger partial charge in [-0.15, -0.1) is 6.61 Å². The van der Waals surface area contributed by atoms with Crippen molar-refractivity contribution in [1.29, 1.82) is 0 Å². The van der Waals surface area contributed by atoms with E-state index in [1.807, 2.05) is 13.8 Å². The minimum Gasteiger partial charge on any atom is -0.853 e. The topological polar surface area (TPSA) is 43.3 Å². The van der Waals surface area contributed by atoms with Crippen LogP contribution in [0.4, 0.5) is 0 Å². The summed E-state index contributed by atoms with van der Waals surface area (Å²) in [5.74, 6) is 0.430. The number of aliphatic hydroxyl groups is 1. The molecule has 0 radical (unpaired) electrons. The van der Waals surface area contributed by atoms with Crippen molar-refractivity contribution in [3.05, 3.63) is 0 Å². The molecule has 0 aromatic rings. The Morgan fingerprint density at radius 1 is 1.50 bits per heavy atom. The molecule has 8 heavy (non-hydrogen) atoms. The standard InChI is InChI=1S/C6H13O2/c1-5(2)3-6(8)4-7/h5-6,8H,3-4H2,1-2H3/q-1. The van der Waals surface area contributed by atoms with E-state index in [0.29, 0.717) is 12.3 Å². The maximum Gasteiger partial charge on any atom is 0.0390 e. The molecule has 1 atom stereocenters. The zero-order chi connectivity index (χ0) is 6.57. The van der Waals surface area contributed by atoms with Crippen LogP contribution >= 0.6 is 0 Å². The van der Waals surface area contributed by atoms with Crippen LogP contribution in [0.15, 0.2) is 0 Å². The first-order valence-electron chi connectivity index (χ1n) is 2.93. The molecule has 0 fully saturated rings. The number of rotatable bonds is 3. The fourth-order valence-corrected chi connectivity index (χ4v) is 0.612. The van der Waals surface area contributed by atoms with E-state index in [2.05, 4.69) is 0 Å². The average molecular weight is 117 g/mol. The minimum absolute atomic E-state index is 0.363. The van der Waals surface area contributed by atoms with E-state index >= 15 is 0 Å². The smallest absolute Gasteiger partial charge is 0.0390 e. The third kappa shape index (κ3) is 4.09. The molecule has 0 aromatic heterocycles. The van der Waals surface area contributed by atoms with Crippen molar-refractivity contribution >= 4 is 0 Å². The van der Waals surface area contributed by atoms with Crippen LogP contribution in [0, 0.1) is 5.92 Å². The van der Waals surface area contributed by atoms with Gasteiger partial charge in [0.25, 0.3) is 0 Å². The van der Waals surface area contributed by atoms with Crippen LogP contribution in [0.3, 0.4) is 0 Å². The highest BCUT2D eigenvalue weighted by atomic mass is 16.3. The lowest BCUT2D eigenvalue weighted by Gasteiger charge is -2.14. The van der Waals surface area contributed by atoms with Gasteiger partial charge < -0.3 is 10.2 Å². The Kier molecular flexibility index (Phi) is 3.83. The van der Waals surface area contributed by atoms with Crippen molar-refractivity contribution in [1.82, 2.24) is 0 Å². The second kappa shape index (κ2) is 3.87. The summed E-state index contributed by atoms with van der Waals surface area (Å²) >= 11 is 0. The Morgan fingerprint density at radius 2 is 2.00 bits per heavy atom. The number of hydrogen-bond acceptors (Lipinski definition) is 2. The van der Waals surface area contributed by atoms with Crippen LogP contribution in [0.1, 0.15) is 20.3 Å². The van der Waals surface area contributed by atoms with E-state index in [1.165, 1.54) is 0 Å². The number of hydrogen-bond donors (Lipinski definition) is 1. The van der Waals surface area contributed by atoms with E-state index in [-0.39, 0.29) is 6.61 Å². The van der Waals surface area contributed by atoms with Gasteiger partial charge in [0.2, 0.25) is 0 Å². The van der Waals surface area contributed by atoms with Gasteiger partial charge in [-0.25, -0.2) is 0 Å². The van der Waals surface area contributed by atoms with E-state index < -0.39 is 6.10 Å². The summed E-state index contributed by atoms with van der Waals surface area (Å²) in [6.07, 6.45) is -0.00116. The molecule has 1 unspecified atom stereocenters. The van der Waals surface area contributed by atoms with Crippen LogP contribution in [0.25, 0.3) is 0 Å². The third-order valence-electron chi connectivity index (χ3n) is 0.936. The molecule has 0 aliphatic rings. The van der Waals surface area contributed by atoms with E-state index in [9.17, 15) is 5.11 Å². The van der Waals surface area contributed by atoms with Crippen molar-refractivity contribution in [3.63, 3.8) is 0 Å². The molecule has 0 aromatic carbocycles. The number of aliphatic hydroxyl groups excluding tert-OH is 1. The van der Waals surface area contributed by atoms with E-state index in [0.717, 1.165) is 0 Å². The van der Waals surface area contributed by atoms with Gasteiger partial charge in [-0.2, -0.15) is 0 Å². The molecule has 0 saturated carbocycles. The molecule has 0 aliphatic carbocycles. The average Bonchev–Trinajstić information content (AvgIpc) is 1.65. The molecule has 0 rings (SSSR count). The minimum atomic E-state index is -0.630. The van der Waals surface area contributed by atoms with Gasteiger partial charge in [-0.1, -0.05) is 13.8 Å². The Balaban J connectivity index is 3.10. The Morgan fingerprint density at radius 3 is 2.12 bits per heavy atom. The largest absolute Gasteiger partial charge is 0.853 e. The fraction of sp³-hybridized carbons (Fsp3) is 1.00. The summed E-state index contributed by atoms with van der Waals surface area (Å²) in [4.78, 5) is 0. The zero-order valence-electron chi connectivity index (χ0n) is 5.42. The van der Waals surface area contributed by atoms with Crippen molar-refractivity contribution < 1.29 is 10.2 Å². The Labute approximate surface area is 50.2 Å². The van der Waals surface area contributed by atoms with Crippen molar-refractivity contribution in [2.24, 2.45) is 5.92 Å². The van der Waals surface area contributed by atoms with Crippen LogP contribution in [-0.4, -0.2) is 17.8 Å². The molecule has 0 amide bonds. The summed E-state index contributed by atoms with van der Waals surface area (Å²) in [5, 5.41) is 18.6. The Hall–Kier alpha value is -0.0800. The highest BCUT2D eigenvalue weighted by molar-refractivity contribution is 4.53. The van der Waals surface area contributed by atoms with Crippen LogP contribution in [0.5, 0.6) is 0 Å². The summed E-state index contributed by atoms with van der Waals surface area (Å²) in [7, 11) is 0. The van der Waals surface area contributed by atoms with E-state index in [4.69, 9.17) is 5.11 Å². The zero-order valence-corrected chi connectivity index (χ0v) is 5.42. The van der Waals surface area contributed by atoms with Gasteiger partial charge in [0.05, 0.1) is 0 Å². The second-order valence-corrected chi connectivity index (χ2v) is 2.45. The molecule has 0 spiro atoms. The van der Waals surface area contributed by atoms with Crippen LogP contribution in [0.2, 0.25) is 0 Å². The van der Waals surface area contributed by atoms with Gasteiger partial charge in [0.15, 0.2) is 0 Å². The summed E-state index contributed by atoms with van der Waals surface area (Å²) < 4.78 is 0. The highest BCUT2D eigenvalue weighted by Crippen LogP contribution is 2.01. The lowest BCUT2D eigenvalue weighted by Crippen LogP contribution is -2.24. The van der Waals surface area contributed by atoms with Crippen molar-refractivity contribution in [3.8, 4) is 0 Å². The fourth-order valence-electron chi connectivity index (χ4n) is 0.612. The van der Waals surface area contributed by atoms with Gasteiger partial charge in [0.1, 0.15) is 0 Å². The normalized spacial score (nSPS) is 14.6. The summed E-state index contributed by atoms with van der Waals surface area (Å²) in [6.45, 7) is 3.61. The molecule has 0 heterocycles. The molecule has 50 valence electrons. The first-order chi connectivity index (χ1) is 3.66. The monoisotopic (exact) mass is 117 g/mol. The summed E-state index contributed by atoms with van der Waals surface area (Å²) in [5.41, 5.74) is 0. The van der Waals surface area contributed by atoms with Gasteiger partial charge in [-0.05, 0) is 12.3 Å². The lowest BCUT2D eigenvalue weighted by atomic mass is 10.1. The quantitative estimate of drug-likeness (QED) is 0.554. The second-order valence-electron chi connectivity index (χ2n) is 2.45. The van der Waals surface area contributed by atoms with Crippen LogP contribution in [-0.2, 0) is 0 Å². The molecule has 0 bridgehead atoms. The van der Waals surface area contributed by atoms with Crippen LogP contribution < -0.4 is 5.11 Å². The molecule has 0 saturated heterocycles. The maximum absolute atomic E-state index is 9.92. The first kappa shape index (κ1) is 7.92. The predicted molar refractivity (Wildman–Crippen MR) is 30.3 cm³/mol. The maximum atomic E-state index is 9.92. The molecule has 2 nitrogen and oxygen atoms in total. The summed E-state index contributed by atoms with van der Waals surface area (Å²) in [6, 6.07) is 0. The molecular formula is C6H13O2-. The highest BCUT2D eigenvalue weighted by Gasteiger charge is 1.99. The predicted octanol–water partition coefficient (Wildman–Crippen LogP) is -0.246. The van der Waals surface area contributed by atoms with Gasteiger partial charge in [0, 0.05) is 6.10 Å². The molecule has 0 aliphatic heterocycles. The van der Waals surface area contributed by atoms with Gasteiger partial charge >= 0.3 is 0 Å². The van der Waals surface area contributed by atoms with Crippen molar-refractivity contribution in [2.45, 2.75) is 26.4 Å². The Bertz CT molecular complexity index is 52.5. The molecule has 2 heteroatoms. The molecule has 1 N–H and O–H groups in total. The van der Waals surface area contributed by atoms with E-state index in [1.54, 1.807) is 0 Å². The first-order valence-corrected chi connectivity index (χ1v) is 2.93. The third-order valence-corrected chi connectivity index (χ3v) is 0.936. The SMILES string of the molecule is CC(C)CC(O)C[O-]. The lowest BCUT2D eigenvalue weighted by molar-refractivity contribution is -0.384. The van der Waals surface area contributed by atoms with Crippen molar-refractivity contribution in [2.75, 3.05) is 6.61 Å². The van der Waals surface area contributed by atoms with Gasteiger partial charge in [-0.3, -0.25) is 0 Å². The molecular weight excluding hydrogens is 104 g/mol.